The predicted molar refractivity (Wildman–Crippen MR) is 79.3 cm³/mol. The number of aromatic nitrogens is 1. The summed E-state index contributed by atoms with van der Waals surface area (Å²) in [7, 11) is 0. The van der Waals surface area contributed by atoms with Gasteiger partial charge < -0.3 is 4.90 Å². The number of pyridine rings is 1. The smallest absolute Gasteiger partial charge is 0.274 e. The molecule has 2 aliphatic rings. The standard InChI is InChI=1S/C14H15Cl2N3O/c15-11-3-4-12(16)17-13(11)14(20)19-8-5-10(9-19)18-6-1-2-7-18/h1-4,10H,5-9H2. The zero-order chi connectivity index (χ0) is 14.1. The van der Waals surface area contributed by atoms with Gasteiger partial charge in [0, 0.05) is 32.2 Å². The van der Waals surface area contributed by atoms with Gasteiger partial charge in [-0.05, 0) is 18.6 Å². The second kappa shape index (κ2) is 5.72. The maximum atomic E-state index is 12.5. The summed E-state index contributed by atoms with van der Waals surface area (Å²) in [6, 6.07) is 3.62. The lowest BCUT2D eigenvalue weighted by molar-refractivity contribution is 0.0775. The van der Waals surface area contributed by atoms with E-state index in [0.717, 1.165) is 32.6 Å². The molecule has 0 bridgehead atoms. The molecule has 0 aliphatic carbocycles. The maximum Gasteiger partial charge on any atom is 0.274 e. The topological polar surface area (TPSA) is 36.4 Å². The van der Waals surface area contributed by atoms with Crippen molar-refractivity contribution in [2.75, 3.05) is 26.2 Å². The van der Waals surface area contributed by atoms with Gasteiger partial charge in [-0.3, -0.25) is 9.69 Å². The molecule has 0 saturated carbocycles. The summed E-state index contributed by atoms with van der Waals surface area (Å²) in [5.74, 6) is -0.132. The number of hydrogen-bond acceptors (Lipinski definition) is 3. The van der Waals surface area contributed by atoms with Gasteiger partial charge in [0.1, 0.15) is 10.8 Å². The van der Waals surface area contributed by atoms with Crippen LogP contribution in [0, 0.1) is 0 Å². The summed E-state index contributed by atoms with van der Waals surface area (Å²) in [5.41, 5.74) is 0.249. The Balaban J connectivity index is 1.70. The zero-order valence-electron chi connectivity index (χ0n) is 10.9. The van der Waals surface area contributed by atoms with Gasteiger partial charge in [-0.1, -0.05) is 35.4 Å². The number of halogens is 2. The lowest BCUT2D eigenvalue weighted by Crippen LogP contribution is -2.37. The van der Waals surface area contributed by atoms with E-state index >= 15 is 0 Å². The van der Waals surface area contributed by atoms with Crippen LogP contribution in [0.3, 0.4) is 0 Å². The van der Waals surface area contributed by atoms with E-state index < -0.39 is 0 Å². The highest BCUT2D eigenvalue weighted by Gasteiger charge is 2.32. The number of likely N-dealkylation sites (tertiary alicyclic amines) is 1. The molecule has 3 rings (SSSR count). The van der Waals surface area contributed by atoms with E-state index in [9.17, 15) is 4.79 Å². The van der Waals surface area contributed by atoms with Crippen molar-refractivity contribution in [2.45, 2.75) is 12.5 Å². The van der Waals surface area contributed by atoms with E-state index in [-0.39, 0.29) is 16.8 Å². The van der Waals surface area contributed by atoms with E-state index in [2.05, 4.69) is 22.0 Å². The van der Waals surface area contributed by atoms with E-state index in [0.29, 0.717) is 11.1 Å². The van der Waals surface area contributed by atoms with Gasteiger partial charge in [0.05, 0.1) is 5.02 Å². The quantitative estimate of drug-likeness (QED) is 0.622. The monoisotopic (exact) mass is 311 g/mol. The van der Waals surface area contributed by atoms with Crippen LogP contribution >= 0.6 is 23.2 Å². The van der Waals surface area contributed by atoms with Crippen LogP contribution in [0.1, 0.15) is 16.9 Å². The highest BCUT2D eigenvalue weighted by Crippen LogP contribution is 2.23. The van der Waals surface area contributed by atoms with Crippen molar-refractivity contribution in [2.24, 2.45) is 0 Å². The molecule has 1 unspecified atom stereocenters. The normalized spacial score (nSPS) is 22.7. The van der Waals surface area contributed by atoms with Crippen LogP contribution in [0.15, 0.2) is 24.3 Å². The molecule has 0 spiro atoms. The summed E-state index contributed by atoms with van der Waals surface area (Å²) in [5, 5.41) is 0.642. The molecule has 6 heteroatoms. The molecule has 1 aromatic heterocycles. The van der Waals surface area contributed by atoms with Gasteiger partial charge in [-0.15, -0.1) is 0 Å². The van der Waals surface area contributed by atoms with Crippen LogP contribution in [-0.2, 0) is 0 Å². The summed E-state index contributed by atoms with van der Waals surface area (Å²) >= 11 is 11.9. The molecular weight excluding hydrogens is 297 g/mol. The first-order valence-electron chi connectivity index (χ1n) is 6.65. The number of carbonyl (C=O) groups is 1. The number of amides is 1. The Morgan fingerprint density at radius 3 is 2.75 bits per heavy atom. The van der Waals surface area contributed by atoms with E-state index in [4.69, 9.17) is 23.2 Å². The molecule has 20 heavy (non-hydrogen) atoms. The van der Waals surface area contributed by atoms with Crippen molar-refractivity contribution < 1.29 is 4.79 Å². The van der Waals surface area contributed by atoms with E-state index in [1.165, 1.54) is 0 Å². The number of carbonyl (C=O) groups excluding carboxylic acids is 1. The molecule has 3 heterocycles. The summed E-state index contributed by atoms with van der Waals surface area (Å²) < 4.78 is 0. The number of nitrogens with zero attached hydrogens (tertiary/aromatic N) is 3. The van der Waals surface area contributed by atoms with Crippen molar-refractivity contribution >= 4 is 29.1 Å². The Kier molecular flexibility index (Phi) is 3.96. The highest BCUT2D eigenvalue weighted by atomic mass is 35.5. The number of rotatable bonds is 2. The molecule has 0 radical (unpaired) electrons. The van der Waals surface area contributed by atoms with Crippen molar-refractivity contribution in [3.05, 3.63) is 40.2 Å². The molecule has 0 N–H and O–H groups in total. The molecule has 1 fully saturated rings. The summed E-state index contributed by atoms with van der Waals surface area (Å²) in [4.78, 5) is 20.7. The number of hydrogen-bond donors (Lipinski definition) is 0. The Morgan fingerprint density at radius 1 is 1.25 bits per heavy atom. The second-order valence-corrected chi connectivity index (χ2v) is 5.88. The molecule has 2 aliphatic heterocycles. The molecule has 1 atom stereocenters. The Morgan fingerprint density at radius 2 is 2.00 bits per heavy atom. The van der Waals surface area contributed by atoms with E-state index in [1.807, 2.05) is 4.90 Å². The Labute approximate surface area is 128 Å². The third-order valence-electron chi connectivity index (χ3n) is 3.83. The molecular formula is C14H15Cl2N3O. The zero-order valence-corrected chi connectivity index (χ0v) is 12.4. The fraction of sp³-hybridized carbons (Fsp3) is 0.429. The third-order valence-corrected chi connectivity index (χ3v) is 4.34. The largest absolute Gasteiger partial charge is 0.336 e. The van der Waals surface area contributed by atoms with Gasteiger partial charge in [-0.2, -0.15) is 0 Å². The lowest BCUT2D eigenvalue weighted by Gasteiger charge is -2.23. The minimum absolute atomic E-state index is 0.132. The van der Waals surface area contributed by atoms with Gasteiger partial charge in [0.15, 0.2) is 0 Å². The minimum Gasteiger partial charge on any atom is -0.336 e. The average Bonchev–Trinajstić information content (AvgIpc) is 3.10. The highest BCUT2D eigenvalue weighted by molar-refractivity contribution is 6.34. The first-order valence-corrected chi connectivity index (χ1v) is 7.41. The van der Waals surface area contributed by atoms with Gasteiger partial charge in [0.25, 0.3) is 5.91 Å². The average molecular weight is 312 g/mol. The van der Waals surface area contributed by atoms with Crippen molar-refractivity contribution in [3.63, 3.8) is 0 Å². The molecule has 1 saturated heterocycles. The second-order valence-electron chi connectivity index (χ2n) is 5.08. The minimum atomic E-state index is -0.132. The van der Waals surface area contributed by atoms with Crippen LogP contribution in [0.25, 0.3) is 0 Å². The SMILES string of the molecule is O=C(c1nc(Cl)ccc1Cl)N1CCC(N2CC=CC2)C1. The van der Waals surface area contributed by atoms with Crippen molar-refractivity contribution in [3.8, 4) is 0 Å². The van der Waals surface area contributed by atoms with Crippen LogP contribution in [0.2, 0.25) is 10.2 Å². The maximum absolute atomic E-state index is 12.5. The molecule has 1 aromatic rings. The van der Waals surface area contributed by atoms with E-state index in [1.54, 1.807) is 12.1 Å². The van der Waals surface area contributed by atoms with Crippen LogP contribution in [0.5, 0.6) is 0 Å². The summed E-state index contributed by atoms with van der Waals surface area (Å²) in [6.07, 6.45) is 5.32. The van der Waals surface area contributed by atoms with Crippen LogP contribution < -0.4 is 0 Å². The molecule has 0 aromatic carbocycles. The molecule has 4 nitrogen and oxygen atoms in total. The predicted octanol–water partition coefficient (Wildman–Crippen LogP) is 2.47. The molecule has 106 valence electrons. The fourth-order valence-electron chi connectivity index (χ4n) is 2.73. The third kappa shape index (κ3) is 2.68. The lowest BCUT2D eigenvalue weighted by atomic mass is 10.2. The van der Waals surface area contributed by atoms with Gasteiger partial charge >= 0.3 is 0 Å². The summed E-state index contributed by atoms with van der Waals surface area (Å²) in [6.45, 7) is 3.42. The molecule has 1 amide bonds. The first-order chi connectivity index (χ1) is 9.65. The van der Waals surface area contributed by atoms with Crippen molar-refractivity contribution in [1.29, 1.82) is 0 Å². The van der Waals surface area contributed by atoms with Crippen LogP contribution in [0.4, 0.5) is 0 Å². The fourth-order valence-corrected chi connectivity index (χ4v) is 3.07. The van der Waals surface area contributed by atoms with Crippen molar-refractivity contribution in [1.82, 2.24) is 14.8 Å². The van der Waals surface area contributed by atoms with Gasteiger partial charge in [-0.25, -0.2) is 4.98 Å². The van der Waals surface area contributed by atoms with Gasteiger partial charge in [0.2, 0.25) is 0 Å². The Bertz CT molecular complexity index is 553. The Hall–Kier alpha value is -1.10. The van der Waals surface area contributed by atoms with Crippen LogP contribution in [-0.4, -0.2) is 52.9 Å². The first kappa shape index (κ1) is 13.9.